The Labute approximate surface area is 78.1 Å². The highest BCUT2D eigenvalue weighted by atomic mass is 16.2. The molecule has 0 aromatic rings. The minimum Gasteiger partial charge on any atom is -0.326 e. The summed E-state index contributed by atoms with van der Waals surface area (Å²) in [4.78, 5) is 24.2. The second-order valence-electron chi connectivity index (χ2n) is 4.52. The first-order valence-corrected chi connectivity index (χ1v) is 4.43. The molecule has 0 aromatic carbocycles. The van der Waals surface area contributed by atoms with Gasteiger partial charge in [0.1, 0.15) is 0 Å². The predicted molar refractivity (Wildman–Crippen MR) is 48.8 cm³/mol. The van der Waals surface area contributed by atoms with Gasteiger partial charge in [0.15, 0.2) is 0 Å². The number of nitrogens with zero attached hydrogens (tertiary/aromatic N) is 1. The summed E-state index contributed by atoms with van der Waals surface area (Å²) in [5.41, 5.74) is 5.08. The largest absolute Gasteiger partial charge is 0.326 e. The second kappa shape index (κ2) is 3.10. The van der Waals surface area contributed by atoms with Crippen LogP contribution in [0, 0.1) is 5.41 Å². The molecular formula is C9H16N2O2. The van der Waals surface area contributed by atoms with Crippen LogP contribution in [-0.4, -0.2) is 29.3 Å². The zero-order valence-electron chi connectivity index (χ0n) is 8.33. The first-order chi connectivity index (χ1) is 5.82. The summed E-state index contributed by atoms with van der Waals surface area (Å²) in [6.07, 6.45) is 0.293. The van der Waals surface area contributed by atoms with Crippen LogP contribution < -0.4 is 5.73 Å². The summed E-state index contributed by atoms with van der Waals surface area (Å²) in [7, 11) is 0. The Morgan fingerprint density at radius 1 is 1.54 bits per heavy atom. The molecule has 4 heteroatoms. The van der Waals surface area contributed by atoms with Crippen LogP contribution in [0.15, 0.2) is 0 Å². The number of nitrogens with two attached hydrogens (primary N) is 1. The molecule has 0 radical (unpaired) electrons. The Morgan fingerprint density at radius 3 is 2.38 bits per heavy atom. The summed E-state index contributed by atoms with van der Waals surface area (Å²) in [6.45, 7) is 5.76. The molecule has 1 aliphatic rings. The quantitative estimate of drug-likeness (QED) is 0.581. The summed E-state index contributed by atoms with van der Waals surface area (Å²) >= 11 is 0. The summed E-state index contributed by atoms with van der Waals surface area (Å²) < 4.78 is 0. The van der Waals surface area contributed by atoms with Gasteiger partial charge in [0.25, 0.3) is 0 Å². The highest BCUT2D eigenvalue weighted by Gasteiger charge is 2.36. The van der Waals surface area contributed by atoms with E-state index in [0.29, 0.717) is 13.0 Å². The molecule has 74 valence electrons. The van der Waals surface area contributed by atoms with E-state index in [1.807, 2.05) is 0 Å². The molecule has 1 saturated heterocycles. The van der Waals surface area contributed by atoms with Crippen LogP contribution in [-0.2, 0) is 9.59 Å². The highest BCUT2D eigenvalue weighted by molar-refractivity contribution is 5.99. The Kier molecular flexibility index (Phi) is 2.43. The van der Waals surface area contributed by atoms with E-state index >= 15 is 0 Å². The number of likely N-dealkylation sites (tertiary alicyclic amines) is 1. The van der Waals surface area contributed by atoms with Gasteiger partial charge in [-0.25, -0.2) is 0 Å². The average Bonchev–Trinajstić information content (AvgIpc) is 2.26. The number of hydrogen-bond acceptors (Lipinski definition) is 3. The van der Waals surface area contributed by atoms with Crippen molar-refractivity contribution in [1.82, 2.24) is 4.90 Å². The first-order valence-electron chi connectivity index (χ1n) is 4.43. The fourth-order valence-electron chi connectivity index (χ4n) is 1.34. The average molecular weight is 184 g/mol. The molecule has 2 amide bonds. The molecule has 0 saturated carbocycles. The maximum Gasteiger partial charge on any atom is 0.234 e. The van der Waals surface area contributed by atoms with Gasteiger partial charge >= 0.3 is 0 Å². The molecule has 0 spiro atoms. The molecule has 2 N–H and O–H groups in total. The lowest BCUT2D eigenvalue weighted by molar-refractivity contribution is -0.147. The Morgan fingerprint density at radius 2 is 2.08 bits per heavy atom. The molecule has 1 fully saturated rings. The van der Waals surface area contributed by atoms with E-state index in [4.69, 9.17) is 5.73 Å². The van der Waals surface area contributed by atoms with Gasteiger partial charge in [0.2, 0.25) is 11.8 Å². The van der Waals surface area contributed by atoms with E-state index in [9.17, 15) is 9.59 Å². The van der Waals surface area contributed by atoms with Crippen LogP contribution in [0.1, 0.15) is 27.2 Å². The number of rotatable bonds is 0. The number of amides is 2. The zero-order valence-corrected chi connectivity index (χ0v) is 8.33. The summed E-state index contributed by atoms with van der Waals surface area (Å²) in [5.74, 6) is -0.280. The third-order valence-corrected chi connectivity index (χ3v) is 2.04. The van der Waals surface area contributed by atoms with Crippen molar-refractivity contribution in [3.63, 3.8) is 0 Å². The van der Waals surface area contributed by atoms with Crippen LogP contribution in [0.3, 0.4) is 0 Å². The standard InChI is InChI=1S/C9H16N2O2/c1-9(2,3)8(13)11-5-6(10)4-7(11)12/h6H,4-5,10H2,1-3H3. The van der Waals surface area contributed by atoms with Crippen LogP contribution in [0.25, 0.3) is 0 Å². The molecule has 1 atom stereocenters. The summed E-state index contributed by atoms with van der Waals surface area (Å²) in [6, 6.07) is -0.182. The van der Waals surface area contributed by atoms with E-state index in [2.05, 4.69) is 0 Å². The minimum atomic E-state index is -0.500. The molecule has 0 aliphatic carbocycles. The maximum absolute atomic E-state index is 11.7. The van der Waals surface area contributed by atoms with Crippen molar-refractivity contribution < 1.29 is 9.59 Å². The van der Waals surface area contributed by atoms with Crippen molar-refractivity contribution in [2.75, 3.05) is 6.54 Å². The fraction of sp³-hybridized carbons (Fsp3) is 0.778. The summed E-state index contributed by atoms with van der Waals surface area (Å²) in [5, 5.41) is 0. The zero-order chi connectivity index (χ0) is 10.2. The SMILES string of the molecule is CC(C)(C)C(=O)N1CC(N)CC1=O. The van der Waals surface area contributed by atoms with Gasteiger partial charge < -0.3 is 5.73 Å². The predicted octanol–water partition coefficient (Wildman–Crippen LogP) is 0.119. The molecule has 1 rings (SSSR count). The monoisotopic (exact) mass is 184 g/mol. The van der Waals surface area contributed by atoms with Gasteiger partial charge in [-0.1, -0.05) is 20.8 Å². The molecular weight excluding hydrogens is 168 g/mol. The van der Waals surface area contributed by atoms with Crippen LogP contribution in [0.4, 0.5) is 0 Å². The molecule has 4 nitrogen and oxygen atoms in total. The molecule has 1 aliphatic heterocycles. The van der Waals surface area contributed by atoms with Gasteiger partial charge in [-0.15, -0.1) is 0 Å². The third-order valence-electron chi connectivity index (χ3n) is 2.04. The molecule has 0 aromatic heterocycles. The van der Waals surface area contributed by atoms with Crippen molar-refractivity contribution in [2.24, 2.45) is 11.1 Å². The number of hydrogen-bond donors (Lipinski definition) is 1. The minimum absolute atomic E-state index is 0.134. The first kappa shape index (κ1) is 10.2. The van der Waals surface area contributed by atoms with Crippen LogP contribution >= 0.6 is 0 Å². The van der Waals surface area contributed by atoms with E-state index in [1.54, 1.807) is 20.8 Å². The number of carbonyl (C=O) groups excluding carboxylic acids is 2. The van der Waals surface area contributed by atoms with Gasteiger partial charge in [-0.2, -0.15) is 0 Å². The lowest BCUT2D eigenvalue weighted by Crippen LogP contribution is -2.41. The number of imide groups is 1. The highest BCUT2D eigenvalue weighted by Crippen LogP contribution is 2.21. The fourth-order valence-corrected chi connectivity index (χ4v) is 1.34. The topological polar surface area (TPSA) is 63.4 Å². The van der Waals surface area contributed by atoms with Crippen LogP contribution in [0.5, 0.6) is 0 Å². The van der Waals surface area contributed by atoms with Crippen molar-refractivity contribution in [3.05, 3.63) is 0 Å². The van der Waals surface area contributed by atoms with E-state index in [1.165, 1.54) is 4.90 Å². The van der Waals surface area contributed by atoms with Crippen molar-refractivity contribution >= 4 is 11.8 Å². The van der Waals surface area contributed by atoms with Gasteiger partial charge in [-0.3, -0.25) is 14.5 Å². The normalized spacial score (nSPS) is 23.8. The van der Waals surface area contributed by atoms with E-state index in [0.717, 1.165) is 0 Å². The molecule has 13 heavy (non-hydrogen) atoms. The molecule has 0 bridgehead atoms. The van der Waals surface area contributed by atoms with Crippen molar-refractivity contribution in [1.29, 1.82) is 0 Å². The van der Waals surface area contributed by atoms with Crippen molar-refractivity contribution in [3.8, 4) is 0 Å². The molecule has 1 heterocycles. The Balaban J connectivity index is 2.74. The van der Waals surface area contributed by atoms with Crippen LogP contribution in [0.2, 0.25) is 0 Å². The van der Waals surface area contributed by atoms with Gasteiger partial charge in [-0.05, 0) is 0 Å². The third kappa shape index (κ3) is 2.06. The number of carbonyl (C=O) groups is 2. The second-order valence-corrected chi connectivity index (χ2v) is 4.52. The molecule has 1 unspecified atom stereocenters. The van der Waals surface area contributed by atoms with E-state index in [-0.39, 0.29) is 17.9 Å². The smallest absolute Gasteiger partial charge is 0.234 e. The van der Waals surface area contributed by atoms with E-state index < -0.39 is 5.41 Å². The van der Waals surface area contributed by atoms with Crippen molar-refractivity contribution in [2.45, 2.75) is 33.2 Å². The Hall–Kier alpha value is -0.900. The maximum atomic E-state index is 11.7. The Bertz CT molecular complexity index is 242. The lowest BCUT2D eigenvalue weighted by Gasteiger charge is -2.23. The van der Waals surface area contributed by atoms with Gasteiger partial charge in [0, 0.05) is 24.4 Å². The lowest BCUT2D eigenvalue weighted by atomic mass is 9.95. The van der Waals surface area contributed by atoms with Gasteiger partial charge in [0.05, 0.1) is 0 Å².